The molecule has 0 bridgehead atoms. The van der Waals surface area contributed by atoms with E-state index in [4.69, 9.17) is 5.73 Å². The van der Waals surface area contributed by atoms with Crippen LogP contribution >= 0.6 is 0 Å². The first-order valence-corrected chi connectivity index (χ1v) is 6.32. The Labute approximate surface area is 114 Å². The molecule has 3 rings (SSSR count). The molecule has 102 valence electrons. The van der Waals surface area contributed by atoms with Crippen LogP contribution in [0.3, 0.4) is 0 Å². The average molecular weight is 273 g/mol. The lowest BCUT2D eigenvalue weighted by Gasteiger charge is -2.09. The van der Waals surface area contributed by atoms with Crippen molar-refractivity contribution in [3.8, 4) is 11.4 Å². The van der Waals surface area contributed by atoms with Gasteiger partial charge in [0.05, 0.1) is 16.6 Å². The van der Waals surface area contributed by atoms with E-state index in [2.05, 4.69) is 4.98 Å². The van der Waals surface area contributed by atoms with Crippen molar-refractivity contribution in [2.75, 3.05) is 5.73 Å². The lowest BCUT2D eigenvalue weighted by atomic mass is 10.1. The van der Waals surface area contributed by atoms with Gasteiger partial charge >= 0.3 is 0 Å². The van der Waals surface area contributed by atoms with Crippen molar-refractivity contribution in [1.82, 2.24) is 9.55 Å². The number of benzene rings is 2. The SMILES string of the molecule is CCn1c(-c2c(N)cccc2F)nc2ccc(F)cc21. The average Bonchev–Trinajstić information content (AvgIpc) is 2.76. The second-order valence-electron chi connectivity index (χ2n) is 4.52. The quantitative estimate of drug-likeness (QED) is 0.725. The van der Waals surface area contributed by atoms with Crippen LogP contribution in [0.25, 0.3) is 22.4 Å². The van der Waals surface area contributed by atoms with Gasteiger partial charge in [-0.3, -0.25) is 0 Å². The largest absolute Gasteiger partial charge is 0.398 e. The van der Waals surface area contributed by atoms with Gasteiger partial charge in [0.15, 0.2) is 0 Å². The molecule has 2 N–H and O–H groups in total. The standard InChI is InChI=1S/C15H13F2N3/c1-2-20-13-8-9(16)6-7-12(13)19-15(20)14-10(17)4-3-5-11(14)18/h3-8H,2,18H2,1H3. The van der Waals surface area contributed by atoms with Crippen LogP contribution < -0.4 is 5.73 Å². The van der Waals surface area contributed by atoms with Crippen molar-refractivity contribution < 1.29 is 8.78 Å². The fourth-order valence-corrected chi connectivity index (χ4v) is 2.38. The molecule has 3 nitrogen and oxygen atoms in total. The van der Waals surface area contributed by atoms with Crippen molar-refractivity contribution in [3.05, 3.63) is 48.0 Å². The normalized spacial score (nSPS) is 11.2. The number of aryl methyl sites for hydroxylation is 1. The van der Waals surface area contributed by atoms with Crippen LogP contribution in [0.15, 0.2) is 36.4 Å². The third-order valence-electron chi connectivity index (χ3n) is 3.30. The van der Waals surface area contributed by atoms with Gasteiger partial charge in [0.2, 0.25) is 0 Å². The molecule has 0 amide bonds. The number of halogens is 2. The summed E-state index contributed by atoms with van der Waals surface area (Å²) >= 11 is 0. The number of aromatic nitrogens is 2. The van der Waals surface area contributed by atoms with E-state index in [0.29, 0.717) is 29.1 Å². The smallest absolute Gasteiger partial charge is 0.146 e. The predicted octanol–water partition coefficient (Wildman–Crippen LogP) is 3.58. The molecule has 2 aromatic carbocycles. The Hall–Kier alpha value is -2.43. The van der Waals surface area contributed by atoms with Gasteiger partial charge in [-0.15, -0.1) is 0 Å². The maximum absolute atomic E-state index is 14.1. The van der Waals surface area contributed by atoms with Gasteiger partial charge in [0.25, 0.3) is 0 Å². The Morgan fingerprint density at radius 1 is 1.20 bits per heavy atom. The summed E-state index contributed by atoms with van der Waals surface area (Å²) in [5.74, 6) is -0.362. The summed E-state index contributed by atoms with van der Waals surface area (Å²) in [6, 6.07) is 8.82. The lowest BCUT2D eigenvalue weighted by Crippen LogP contribution is -2.02. The minimum atomic E-state index is -0.435. The molecule has 3 aromatic rings. The number of anilines is 1. The number of rotatable bonds is 2. The van der Waals surface area contributed by atoms with E-state index >= 15 is 0 Å². The summed E-state index contributed by atoms with van der Waals surface area (Å²) in [7, 11) is 0. The molecular formula is C15H13F2N3. The monoisotopic (exact) mass is 273 g/mol. The Kier molecular flexibility index (Phi) is 2.89. The number of nitrogen functional groups attached to an aromatic ring is 1. The van der Waals surface area contributed by atoms with E-state index in [-0.39, 0.29) is 11.4 Å². The fraction of sp³-hybridized carbons (Fsp3) is 0.133. The highest BCUT2D eigenvalue weighted by Crippen LogP contribution is 2.31. The van der Waals surface area contributed by atoms with E-state index in [9.17, 15) is 8.78 Å². The van der Waals surface area contributed by atoms with Crippen molar-refractivity contribution in [1.29, 1.82) is 0 Å². The first-order valence-electron chi connectivity index (χ1n) is 6.32. The molecule has 1 aromatic heterocycles. The van der Waals surface area contributed by atoms with Gasteiger partial charge in [-0.2, -0.15) is 0 Å². The Morgan fingerprint density at radius 2 is 2.00 bits per heavy atom. The van der Waals surface area contributed by atoms with E-state index in [0.717, 1.165) is 0 Å². The summed E-state index contributed by atoms with van der Waals surface area (Å²) in [6.45, 7) is 2.44. The van der Waals surface area contributed by atoms with E-state index in [1.165, 1.54) is 18.2 Å². The molecule has 5 heteroatoms. The summed E-state index contributed by atoms with van der Waals surface area (Å²) in [4.78, 5) is 4.39. The maximum Gasteiger partial charge on any atom is 0.146 e. The van der Waals surface area contributed by atoms with Crippen LogP contribution in [0.1, 0.15) is 6.92 Å². The number of fused-ring (bicyclic) bond motifs is 1. The topological polar surface area (TPSA) is 43.8 Å². The molecule has 0 aliphatic heterocycles. The highest BCUT2D eigenvalue weighted by Gasteiger charge is 2.17. The Morgan fingerprint density at radius 3 is 2.70 bits per heavy atom. The van der Waals surface area contributed by atoms with E-state index in [1.807, 2.05) is 6.92 Å². The molecule has 0 fully saturated rings. The van der Waals surface area contributed by atoms with Crippen LogP contribution in [0, 0.1) is 11.6 Å². The lowest BCUT2D eigenvalue weighted by molar-refractivity contribution is 0.627. The van der Waals surface area contributed by atoms with Crippen LogP contribution in [0.4, 0.5) is 14.5 Å². The number of nitrogens with zero attached hydrogens (tertiary/aromatic N) is 2. The molecule has 0 radical (unpaired) electrons. The van der Waals surface area contributed by atoms with Gasteiger partial charge in [-0.1, -0.05) is 6.07 Å². The van der Waals surface area contributed by atoms with Crippen molar-refractivity contribution >= 4 is 16.7 Å². The van der Waals surface area contributed by atoms with Crippen LogP contribution in [0.2, 0.25) is 0 Å². The van der Waals surface area contributed by atoms with Crippen LogP contribution in [0.5, 0.6) is 0 Å². The predicted molar refractivity (Wildman–Crippen MR) is 75.2 cm³/mol. The summed E-state index contributed by atoms with van der Waals surface area (Å²) in [6.07, 6.45) is 0. The summed E-state index contributed by atoms with van der Waals surface area (Å²) in [5.41, 5.74) is 7.68. The maximum atomic E-state index is 14.1. The number of hydrogen-bond acceptors (Lipinski definition) is 2. The molecule has 0 atom stereocenters. The first kappa shape index (κ1) is 12.6. The van der Waals surface area contributed by atoms with Gasteiger partial charge in [-0.05, 0) is 37.3 Å². The Bertz CT molecular complexity index is 773. The number of imidazole rings is 1. The first-order chi connectivity index (χ1) is 9.61. The highest BCUT2D eigenvalue weighted by molar-refractivity contribution is 5.83. The zero-order valence-electron chi connectivity index (χ0n) is 10.9. The molecular weight excluding hydrogens is 260 g/mol. The van der Waals surface area contributed by atoms with Gasteiger partial charge in [0, 0.05) is 12.2 Å². The minimum Gasteiger partial charge on any atom is -0.398 e. The molecule has 0 spiro atoms. The molecule has 0 aliphatic rings. The second-order valence-corrected chi connectivity index (χ2v) is 4.52. The van der Waals surface area contributed by atoms with Gasteiger partial charge in [-0.25, -0.2) is 13.8 Å². The van der Waals surface area contributed by atoms with Crippen molar-refractivity contribution in [2.45, 2.75) is 13.5 Å². The second kappa shape index (κ2) is 4.59. The summed E-state index contributed by atoms with van der Waals surface area (Å²) < 4.78 is 29.2. The minimum absolute atomic E-state index is 0.256. The van der Waals surface area contributed by atoms with E-state index < -0.39 is 5.82 Å². The molecule has 0 saturated heterocycles. The molecule has 0 saturated carbocycles. The highest BCUT2D eigenvalue weighted by atomic mass is 19.1. The van der Waals surface area contributed by atoms with Crippen molar-refractivity contribution in [2.24, 2.45) is 0 Å². The summed E-state index contributed by atoms with van der Waals surface area (Å²) in [5, 5.41) is 0. The van der Waals surface area contributed by atoms with Crippen LogP contribution in [-0.2, 0) is 6.54 Å². The van der Waals surface area contributed by atoms with Gasteiger partial charge < -0.3 is 10.3 Å². The zero-order valence-corrected chi connectivity index (χ0v) is 10.9. The fourth-order valence-electron chi connectivity index (χ4n) is 2.38. The molecule has 1 heterocycles. The molecule has 0 aliphatic carbocycles. The number of hydrogen-bond donors (Lipinski definition) is 1. The van der Waals surface area contributed by atoms with E-state index in [1.54, 1.807) is 22.8 Å². The third-order valence-corrected chi connectivity index (χ3v) is 3.30. The zero-order chi connectivity index (χ0) is 14.3. The number of nitrogens with two attached hydrogens (primary N) is 1. The van der Waals surface area contributed by atoms with Crippen LogP contribution in [-0.4, -0.2) is 9.55 Å². The Balaban J connectivity index is 2.37. The van der Waals surface area contributed by atoms with Gasteiger partial charge in [0.1, 0.15) is 17.5 Å². The third kappa shape index (κ3) is 1.82. The molecule has 20 heavy (non-hydrogen) atoms. The molecule has 0 unspecified atom stereocenters. The van der Waals surface area contributed by atoms with Crippen molar-refractivity contribution in [3.63, 3.8) is 0 Å².